The van der Waals surface area contributed by atoms with Crippen molar-refractivity contribution < 1.29 is 4.79 Å². The van der Waals surface area contributed by atoms with Gasteiger partial charge in [-0.3, -0.25) is 4.79 Å². The van der Waals surface area contributed by atoms with Crippen molar-refractivity contribution in [2.24, 2.45) is 0 Å². The minimum absolute atomic E-state index is 0.117. The second-order valence-corrected chi connectivity index (χ2v) is 7.34. The Morgan fingerprint density at radius 3 is 2.58 bits per heavy atom. The van der Waals surface area contributed by atoms with Gasteiger partial charge in [-0.1, -0.05) is 42.5 Å². The first-order valence-electron chi connectivity index (χ1n) is 8.45. The number of anilines is 1. The third-order valence-corrected chi connectivity index (χ3v) is 5.41. The van der Waals surface area contributed by atoms with Crippen molar-refractivity contribution >= 4 is 33.1 Å². The number of fused-ring (bicyclic) bond motifs is 1. The molecular weight excluding hydrogens is 340 g/mol. The lowest BCUT2D eigenvalue weighted by atomic mass is 10.1. The van der Waals surface area contributed by atoms with Crippen LogP contribution in [0.25, 0.3) is 20.8 Å². The summed E-state index contributed by atoms with van der Waals surface area (Å²) >= 11 is 1.60. The molecule has 4 heteroatoms. The van der Waals surface area contributed by atoms with Crippen molar-refractivity contribution in [3.05, 3.63) is 83.4 Å². The van der Waals surface area contributed by atoms with Crippen molar-refractivity contribution in [2.75, 3.05) is 5.32 Å². The topological polar surface area (TPSA) is 42.0 Å². The molecule has 1 aromatic heterocycles. The highest BCUT2D eigenvalue weighted by atomic mass is 32.1. The van der Waals surface area contributed by atoms with E-state index in [1.165, 1.54) is 0 Å². The molecule has 4 aromatic rings. The normalized spacial score (nSPS) is 10.8. The van der Waals surface area contributed by atoms with Crippen molar-refractivity contribution in [3.63, 3.8) is 0 Å². The van der Waals surface area contributed by atoms with Gasteiger partial charge in [0.1, 0.15) is 5.01 Å². The summed E-state index contributed by atoms with van der Waals surface area (Å²) in [5, 5.41) is 3.91. The van der Waals surface area contributed by atoms with Gasteiger partial charge in [0, 0.05) is 16.8 Å². The maximum atomic E-state index is 13.0. The van der Waals surface area contributed by atoms with E-state index in [0.29, 0.717) is 5.56 Å². The zero-order valence-electron chi connectivity index (χ0n) is 14.6. The van der Waals surface area contributed by atoms with Crippen LogP contribution in [0, 0.1) is 13.8 Å². The summed E-state index contributed by atoms with van der Waals surface area (Å²) in [6.45, 7) is 4.01. The Kier molecular flexibility index (Phi) is 4.27. The van der Waals surface area contributed by atoms with Gasteiger partial charge >= 0.3 is 0 Å². The highest BCUT2D eigenvalue weighted by Crippen LogP contribution is 2.32. The summed E-state index contributed by atoms with van der Waals surface area (Å²) in [6.07, 6.45) is 0. The van der Waals surface area contributed by atoms with E-state index < -0.39 is 0 Å². The van der Waals surface area contributed by atoms with Crippen LogP contribution in [-0.4, -0.2) is 10.9 Å². The van der Waals surface area contributed by atoms with Gasteiger partial charge in [0.15, 0.2) is 0 Å². The van der Waals surface area contributed by atoms with Crippen molar-refractivity contribution in [1.82, 2.24) is 4.98 Å². The molecule has 0 aliphatic carbocycles. The highest BCUT2D eigenvalue weighted by Gasteiger charge is 2.16. The lowest BCUT2D eigenvalue weighted by Crippen LogP contribution is -2.14. The molecule has 128 valence electrons. The number of aryl methyl sites for hydroxylation is 2. The monoisotopic (exact) mass is 358 g/mol. The van der Waals surface area contributed by atoms with Gasteiger partial charge in [0.2, 0.25) is 0 Å². The van der Waals surface area contributed by atoms with Gasteiger partial charge in [-0.2, -0.15) is 0 Å². The van der Waals surface area contributed by atoms with E-state index in [1.54, 1.807) is 11.3 Å². The van der Waals surface area contributed by atoms with Crippen LogP contribution in [0.4, 0.5) is 5.69 Å². The van der Waals surface area contributed by atoms with Crippen molar-refractivity contribution in [1.29, 1.82) is 0 Å². The first-order chi connectivity index (χ1) is 12.6. The lowest BCUT2D eigenvalue weighted by molar-refractivity contribution is 0.102. The van der Waals surface area contributed by atoms with Crippen LogP contribution in [0.2, 0.25) is 0 Å². The molecule has 3 nitrogen and oxygen atoms in total. The molecule has 3 aromatic carbocycles. The number of nitrogens with one attached hydrogen (secondary N) is 1. The number of para-hydroxylation sites is 1. The summed E-state index contributed by atoms with van der Waals surface area (Å²) in [6, 6.07) is 21.7. The van der Waals surface area contributed by atoms with Gasteiger partial charge in [-0.15, -0.1) is 11.3 Å². The quantitative estimate of drug-likeness (QED) is 0.500. The Morgan fingerprint density at radius 2 is 1.73 bits per heavy atom. The van der Waals surface area contributed by atoms with E-state index in [4.69, 9.17) is 4.98 Å². The van der Waals surface area contributed by atoms with Gasteiger partial charge in [0.25, 0.3) is 5.91 Å². The Labute approximate surface area is 156 Å². The molecule has 4 rings (SSSR count). The molecule has 0 unspecified atom stereocenters. The summed E-state index contributed by atoms with van der Waals surface area (Å²) in [5.74, 6) is -0.117. The predicted molar refractivity (Wildman–Crippen MR) is 109 cm³/mol. The fourth-order valence-corrected chi connectivity index (χ4v) is 3.92. The van der Waals surface area contributed by atoms with Crippen LogP contribution in [-0.2, 0) is 0 Å². The largest absolute Gasteiger partial charge is 0.322 e. The number of carbonyl (C=O) groups is 1. The number of thiazole rings is 1. The Morgan fingerprint density at radius 1 is 0.962 bits per heavy atom. The average molecular weight is 358 g/mol. The Bertz CT molecular complexity index is 1080. The molecule has 0 fully saturated rings. The maximum absolute atomic E-state index is 13.0. The summed E-state index contributed by atoms with van der Waals surface area (Å²) in [7, 11) is 0. The fourth-order valence-electron chi connectivity index (χ4n) is 2.92. The highest BCUT2D eigenvalue weighted by molar-refractivity contribution is 7.21. The van der Waals surface area contributed by atoms with E-state index in [2.05, 4.69) is 11.4 Å². The molecule has 1 N–H and O–H groups in total. The van der Waals surface area contributed by atoms with Crippen LogP contribution in [0.15, 0.2) is 66.7 Å². The number of carbonyl (C=O) groups excluding carboxylic acids is 1. The molecule has 0 aliphatic rings. The van der Waals surface area contributed by atoms with Crippen LogP contribution in [0.5, 0.6) is 0 Å². The van der Waals surface area contributed by atoms with E-state index in [0.717, 1.165) is 37.6 Å². The lowest BCUT2D eigenvalue weighted by Gasteiger charge is -2.11. The number of hydrogen-bond donors (Lipinski definition) is 1. The molecule has 26 heavy (non-hydrogen) atoms. The summed E-state index contributed by atoms with van der Waals surface area (Å²) in [5.41, 5.74) is 5.45. The van der Waals surface area contributed by atoms with Gasteiger partial charge in [0.05, 0.1) is 10.2 Å². The van der Waals surface area contributed by atoms with E-state index in [-0.39, 0.29) is 5.91 Å². The van der Waals surface area contributed by atoms with Crippen LogP contribution < -0.4 is 5.32 Å². The zero-order chi connectivity index (χ0) is 18.1. The number of hydrogen-bond acceptors (Lipinski definition) is 3. The SMILES string of the molecule is Cc1ccc(C)c(NC(=O)c2ccccc2-c2nc3ccccc3s2)c1. The first kappa shape index (κ1) is 16.5. The summed E-state index contributed by atoms with van der Waals surface area (Å²) < 4.78 is 1.12. The van der Waals surface area contributed by atoms with Crippen LogP contribution in [0.1, 0.15) is 21.5 Å². The Hall–Kier alpha value is -2.98. The molecular formula is C22H18N2OS. The number of rotatable bonds is 3. The summed E-state index contributed by atoms with van der Waals surface area (Å²) in [4.78, 5) is 17.7. The van der Waals surface area contributed by atoms with E-state index in [1.807, 2.05) is 74.5 Å². The molecule has 0 saturated carbocycles. The molecule has 0 radical (unpaired) electrons. The second-order valence-electron chi connectivity index (χ2n) is 6.30. The molecule has 1 amide bonds. The zero-order valence-corrected chi connectivity index (χ0v) is 15.4. The minimum atomic E-state index is -0.117. The van der Waals surface area contributed by atoms with E-state index in [9.17, 15) is 4.79 Å². The van der Waals surface area contributed by atoms with Crippen LogP contribution in [0.3, 0.4) is 0 Å². The standard InChI is InChI=1S/C22H18N2OS/c1-14-11-12-15(2)19(13-14)23-21(25)16-7-3-4-8-17(16)22-24-18-9-5-6-10-20(18)26-22/h3-13H,1-2H3,(H,23,25). The average Bonchev–Trinajstić information content (AvgIpc) is 3.09. The first-order valence-corrected chi connectivity index (χ1v) is 9.27. The minimum Gasteiger partial charge on any atom is -0.322 e. The van der Waals surface area contributed by atoms with Crippen molar-refractivity contribution in [2.45, 2.75) is 13.8 Å². The number of amides is 1. The number of aromatic nitrogens is 1. The number of nitrogens with zero attached hydrogens (tertiary/aromatic N) is 1. The Balaban J connectivity index is 1.73. The molecule has 1 heterocycles. The maximum Gasteiger partial charge on any atom is 0.256 e. The molecule has 0 atom stereocenters. The predicted octanol–water partition coefficient (Wildman–Crippen LogP) is 5.83. The van der Waals surface area contributed by atoms with Gasteiger partial charge < -0.3 is 5.32 Å². The second kappa shape index (κ2) is 6.73. The van der Waals surface area contributed by atoms with E-state index >= 15 is 0 Å². The molecule has 0 spiro atoms. The molecule has 0 bridgehead atoms. The number of benzene rings is 3. The molecule has 0 saturated heterocycles. The van der Waals surface area contributed by atoms with Crippen molar-refractivity contribution in [3.8, 4) is 10.6 Å². The third-order valence-electron chi connectivity index (χ3n) is 4.34. The molecule has 0 aliphatic heterocycles. The van der Waals surface area contributed by atoms with Gasteiger partial charge in [-0.05, 0) is 49.2 Å². The van der Waals surface area contributed by atoms with Crippen LogP contribution >= 0.6 is 11.3 Å². The van der Waals surface area contributed by atoms with Gasteiger partial charge in [-0.25, -0.2) is 4.98 Å². The third kappa shape index (κ3) is 3.11. The fraction of sp³-hybridized carbons (Fsp3) is 0.0909. The smallest absolute Gasteiger partial charge is 0.256 e.